The lowest BCUT2D eigenvalue weighted by Crippen LogP contribution is -2.50. The van der Waals surface area contributed by atoms with Crippen molar-refractivity contribution in [3.63, 3.8) is 0 Å². The van der Waals surface area contributed by atoms with E-state index in [2.05, 4.69) is 10.6 Å². The van der Waals surface area contributed by atoms with Gasteiger partial charge in [0.05, 0.1) is 18.6 Å². The standard InChI is InChI=1S/C21H29N3O6/c1-12(2)6-15(10-25)23-20(27)13(3)22-21(28)14-7-19(26)24(9-14)16-4-5-17-18(8-16)30-11-29-17/h4-5,8,12-15,25H,6-7,9-11H2,1-3H3,(H,22,28)(H,23,27). The number of hydrogen-bond donors (Lipinski definition) is 3. The average molecular weight is 419 g/mol. The lowest BCUT2D eigenvalue weighted by atomic mass is 10.0. The van der Waals surface area contributed by atoms with E-state index in [9.17, 15) is 19.5 Å². The fraction of sp³-hybridized carbons (Fsp3) is 0.571. The molecule has 0 aliphatic carbocycles. The molecule has 1 saturated heterocycles. The van der Waals surface area contributed by atoms with Gasteiger partial charge in [-0.05, 0) is 31.4 Å². The predicted octanol–water partition coefficient (Wildman–Crippen LogP) is 0.796. The second-order valence-electron chi connectivity index (χ2n) is 8.19. The van der Waals surface area contributed by atoms with Crippen molar-refractivity contribution in [1.82, 2.24) is 10.6 Å². The molecule has 1 aromatic carbocycles. The normalized spacial score (nSPS) is 19.7. The van der Waals surface area contributed by atoms with Gasteiger partial charge in [-0.1, -0.05) is 13.8 Å². The van der Waals surface area contributed by atoms with Crippen molar-refractivity contribution < 1.29 is 29.0 Å². The Kier molecular flexibility index (Phi) is 6.81. The van der Waals surface area contributed by atoms with E-state index in [0.29, 0.717) is 29.5 Å². The van der Waals surface area contributed by atoms with Crippen LogP contribution in [0.15, 0.2) is 18.2 Å². The van der Waals surface area contributed by atoms with Gasteiger partial charge in [-0.25, -0.2) is 0 Å². The fourth-order valence-corrected chi connectivity index (χ4v) is 3.66. The van der Waals surface area contributed by atoms with E-state index in [4.69, 9.17) is 9.47 Å². The van der Waals surface area contributed by atoms with Crippen molar-refractivity contribution in [2.45, 2.75) is 45.7 Å². The number of nitrogens with one attached hydrogen (secondary N) is 2. The van der Waals surface area contributed by atoms with Crippen LogP contribution in [-0.2, 0) is 14.4 Å². The van der Waals surface area contributed by atoms with Gasteiger partial charge in [0.15, 0.2) is 11.5 Å². The minimum atomic E-state index is -0.770. The Balaban J connectivity index is 1.55. The SMILES string of the molecule is CC(C)CC(CO)NC(=O)C(C)NC(=O)C1CC(=O)N(c2ccc3c(c2)OCO3)C1. The summed E-state index contributed by atoms with van der Waals surface area (Å²) in [6.07, 6.45) is 0.714. The molecule has 2 aliphatic heterocycles. The smallest absolute Gasteiger partial charge is 0.242 e. The maximum absolute atomic E-state index is 12.6. The van der Waals surface area contributed by atoms with E-state index in [-0.39, 0.29) is 50.1 Å². The van der Waals surface area contributed by atoms with Gasteiger partial charge in [0.25, 0.3) is 0 Å². The number of amides is 3. The van der Waals surface area contributed by atoms with Crippen LogP contribution in [0.3, 0.4) is 0 Å². The molecule has 30 heavy (non-hydrogen) atoms. The fourth-order valence-electron chi connectivity index (χ4n) is 3.66. The summed E-state index contributed by atoms with van der Waals surface area (Å²) in [5.41, 5.74) is 0.643. The van der Waals surface area contributed by atoms with E-state index in [1.807, 2.05) is 13.8 Å². The summed E-state index contributed by atoms with van der Waals surface area (Å²) in [6.45, 7) is 5.80. The lowest BCUT2D eigenvalue weighted by Gasteiger charge is -2.22. The molecule has 0 aromatic heterocycles. The van der Waals surface area contributed by atoms with Gasteiger partial charge in [-0.15, -0.1) is 0 Å². The Labute approximate surface area is 175 Å². The van der Waals surface area contributed by atoms with E-state index >= 15 is 0 Å². The maximum Gasteiger partial charge on any atom is 0.242 e. The number of carbonyl (C=O) groups is 3. The highest BCUT2D eigenvalue weighted by Gasteiger charge is 2.36. The zero-order valence-electron chi connectivity index (χ0n) is 17.5. The molecule has 1 fully saturated rings. The largest absolute Gasteiger partial charge is 0.454 e. The number of ether oxygens (including phenoxy) is 2. The maximum atomic E-state index is 12.6. The van der Waals surface area contributed by atoms with Crippen LogP contribution in [0.4, 0.5) is 5.69 Å². The highest BCUT2D eigenvalue weighted by atomic mass is 16.7. The van der Waals surface area contributed by atoms with Crippen molar-refractivity contribution in [1.29, 1.82) is 0 Å². The van der Waals surface area contributed by atoms with Crippen LogP contribution in [0.2, 0.25) is 0 Å². The van der Waals surface area contributed by atoms with Crippen molar-refractivity contribution in [2.24, 2.45) is 11.8 Å². The Hall–Kier alpha value is -2.81. The van der Waals surface area contributed by atoms with E-state index in [1.165, 1.54) is 0 Å². The zero-order chi connectivity index (χ0) is 21.8. The molecule has 164 valence electrons. The quantitative estimate of drug-likeness (QED) is 0.574. The molecule has 3 unspecified atom stereocenters. The predicted molar refractivity (Wildman–Crippen MR) is 109 cm³/mol. The number of nitrogens with zero attached hydrogens (tertiary/aromatic N) is 1. The zero-order valence-corrected chi connectivity index (χ0v) is 17.5. The van der Waals surface area contributed by atoms with Crippen LogP contribution in [0, 0.1) is 11.8 Å². The van der Waals surface area contributed by atoms with Crippen LogP contribution in [0.5, 0.6) is 11.5 Å². The molecule has 0 saturated carbocycles. The molecular formula is C21H29N3O6. The summed E-state index contributed by atoms with van der Waals surface area (Å²) in [5, 5.41) is 14.9. The molecule has 3 atom stereocenters. The van der Waals surface area contributed by atoms with Crippen LogP contribution in [-0.4, -0.2) is 54.9 Å². The van der Waals surface area contributed by atoms with Crippen LogP contribution >= 0.6 is 0 Å². The Bertz CT molecular complexity index is 812. The molecule has 0 radical (unpaired) electrons. The van der Waals surface area contributed by atoms with Crippen molar-refractivity contribution >= 4 is 23.4 Å². The molecule has 0 spiro atoms. The number of aliphatic hydroxyl groups excluding tert-OH is 1. The summed E-state index contributed by atoms with van der Waals surface area (Å²) in [4.78, 5) is 39.0. The molecule has 2 aliphatic rings. The van der Waals surface area contributed by atoms with Crippen molar-refractivity contribution in [3.8, 4) is 11.5 Å². The van der Waals surface area contributed by atoms with Crippen molar-refractivity contribution in [3.05, 3.63) is 18.2 Å². The average Bonchev–Trinajstić information content (AvgIpc) is 3.32. The monoisotopic (exact) mass is 419 g/mol. The molecule has 9 heteroatoms. The molecule has 1 aromatic rings. The first-order valence-electron chi connectivity index (χ1n) is 10.2. The number of benzene rings is 1. The first kappa shape index (κ1) is 21.9. The minimum absolute atomic E-state index is 0.0707. The second-order valence-corrected chi connectivity index (χ2v) is 8.19. The highest BCUT2D eigenvalue weighted by Crippen LogP contribution is 2.37. The van der Waals surface area contributed by atoms with Gasteiger partial charge >= 0.3 is 0 Å². The van der Waals surface area contributed by atoms with Gasteiger partial charge in [-0.3, -0.25) is 14.4 Å². The molecule has 3 N–H and O–H groups in total. The summed E-state index contributed by atoms with van der Waals surface area (Å²) in [7, 11) is 0. The minimum Gasteiger partial charge on any atom is -0.454 e. The first-order chi connectivity index (χ1) is 14.3. The number of rotatable bonds is 8. The third-order valence-electron chi connectivity index (χ3n) is 5.24. The van der Waals surface area contributed by atoms with Crippen LogP contribution in [0.25, 0.3) is 0 Å². The number of aliphatic hydroxyl groups is 1. The highest BCUT2D eigenvalue weighted by molar-refractivity contribution is 6.01. The summed E-state index contributed by atoms with van der Waals surface area (Å²) in [6, 6.07) is 4.09. The second kappa shape index (κ2) is 9.34. The number of fused-ring (bicyclic) bond motifs is 1. The third kappa shape index (κ3) is 5.02. The van der Waals surface area contributed by atoms with E-state index in [1.54, 1.807) is 30.0 Å². The number of anilines is 1. The molecule has 3 amide bonds. The summed E-state index contributed by atoms with van der Waals surface area (Å²) in [5.74, 6) is 0.0834. The topological polar surface area (TPSA) is 117 Å². The van der Waals surface area contributed by atoms with Crippen molar-refractivity contribution in [2.75, 3.05) is 24.8 Å². The first-order valence-corrected chi connectivity index (χ1v) is 10.2. The van der Waals surface area contributed by atoms with Crippen LogP contribution < -0.4 is 25.0 Å². The lowest BCUT2D eigenvalue weighted by molar-refractivity contribution is -0.131. The van der Waals surface area contributed by atoms with Gasteiger partial charge in [0.1, 0.15) is 6.04 Å². The Morgan fingerprint density at radius 3 is 2.63 bits per heavy atom. The molecule has 3 rings (SSSR count). The molecular weight excluding hydrogens is 390 g/mol. The molecule has 2 heterocycles. The van der Waals surface area contributed by atoms with Gasteiger partial charge in [0.2, 0.25) is 24.5 Å². The summed E-state index contributed by atoms with van der Waals surface area (Å²) >= 11 is 0. The molecule has 0 bridgehead atoms. The third-order valence-corrected chi connectivity index (χ3v) is 5.24. The van der Waals surface area contributed by atoms with Crippen LogP contribution in [0.1, 0.15) is 33.6 Å². The Morgan fingerprint density at radius 1 is 1.20 bits per heavy atom. The summed E-state index contributed by atoms with van der Waals surface area (Å²) < 4.78 is 10.6. The van der Waals surface area contributed by atoms with E-state index < -0.39 is 12.0 Å². The Morgan fingerprint density at radius 2 is 1.93 bits per heavy atom. The number of carbonyl (C=O) groups excluding carboxylic acids is 3. The van der Waals surface area contributed by atoms with Gasteiger partial charge in [0, 0.05) is 24.7 Å². The molecule has 9 nitrogen and oxygen atoms in total. The van der Waals surface area contributed by atoms with Gasteiger partial charge in [-0.2, -0.15) is 0 Å². The number of hydrogen-bond acceptors (Lipinski definition) is 6. The van der Waals surface area contributed by atoms with E-state index in [0.717, 1.165) is 0 Å². The van der Waals surface area contributed by atoms with Gasteiger partial charge < -0.3 is 30.1 Å².